The Morgan fingerprint density at radius 2 is 1.87 bits per heavy atom. The van der Waals surface area contributed by atoms with Gasteiger partial charge in [-0.1, -0.05) is 30.3 Å². The average Bonchev–Trinajstić information content (AvgIpc) is 2.76. The molecule has 0 radical (unpaired) electrons. The van der Waals surface area contributed by atoms with E-state index in [1.54, 1.807) is 0 Å². The van der Waals surface area contributed by atoms with Gasteiger partial charge in [-0.15, -0.1) is 0 Å². The first-order valence-electron chi connectivity index (χ1n) is 9.96. The van der Waals surface area contributed by atoms with Crippen molar-refractivity contribution >= 4 is 17.5 Å². The summed E-state index contributed by atoms with van der Waals surface area (Å²) in [7, 11) is 0. The maximum absolute atomic E-state index is 13.5. The molecule has 1 unspecified atom stereocenters. The number of halogens is 2. The summed E-state index contributed by atoms with van der Waals surface area (Å²) in [4.78, 5) is 26.0. The fraction of sp³-hybridized carbons (Fsp3) is 0.364. The van der Waals surface area contributed by atoms with Crippen LogP contribution in [0.2, 0.25) is 0 Å². The summed E-state index contributed by atoms with van der Waals surface area (Å²) in [6.45, 7) is 3.54. The van der Waals surface area contributed by atoms with Gasteiger partial charge in [0, 0.05) is 25.7 Å². The van der Waals surface area contributed by atoms with Crippen molar-refractivity contribution in [3.8, 4) is 0 Å². The molecule has 1 heterocycles. The monoisotopic (exact) mass is 417 g/mol. The SMILES string of the molecule is O=C(NCCCCN1CCOC(c2ccccc2)C1)C(=O)Nc1cc(F)ccc1F. The van der Waals surface area contributed by atoms with Crippen molar-refractivity contribution in [3.05, 3.63) is 65.7 Å². The number of amides is 2. The molecule has 0 aromatic heterocycles. The van der Waals surface area contributed by atoms with E-state index >= 15 is 0 Å². The smallest absolute Gasteiger partial charge is 0.313 e. The van der Waals surface area contributed by atoms with Crippen LogP contribution in [-0.4, -0.2) is 49.5 Å². The first kappa shape index (κ1) is 21.9. The van der Waals surface area contributed by atoms with Crippen LogP contribution in [0.3, 0.4) is 0 Å². The van der Waals surface area contributed by atoms with Crippen LogP contribution in [0.1, 0.15) is 24.5 Å². The van der Waals surface area contributed by atoms with Crippen LogP contribution in [0.5, 0.6) is 0 Å². The van der Waals surface area contributed by atoms with Gasteiger partial charge in [-0.25, -0.2) is 8.78 Å². The van der Waals surface area contributed by atoms with Crippen LogP contribution in [0.4, 0.5) is 14.5 Å². The Labute approximate surface area is 174 Å². The van der Waals surface area contributed by atoms with Crippen molar-refractivity contribution in [3.63, 3.8) is 0 Å². The minimum Gasteiger partial charge on any atom is -0.371 e. The second kappa shape index (κ2) is 10.8. The van der Waals surface area contributed by atoms with Crippen molar-refractivity contribution in [2.75, 3.05) is 38.1 Å². The highest BCUT2D eigenvalue weighted by molar-refractivity contribution is 6.39. The summed E-state index contributed by atoms with van der Waals surface area (Å²) < 4.78 is 32.5. The van der Waals surface area contributed by atoms with E-state index in [4.69, 9.17) is 4.74 Å². The molecule has 2 aromatic carbocycles. The Hall–Kier alpha value is -2.84. The van der Waals surface area contributed by atoms with Crippen LogP contribution < -0.4 is 10.6 Å². The fourth-order valence-corrected chi connectivity index (χ4v) is 3.29. The molecular formula is C22H25F2N3O3. The quantitative estimate of drug-likeness (QED) is 0.537. The number of nitrogens with one attached hydrogen (secondary N) is 2. The molecule has 3 rings (SSSR count). The number of nitrogens with zero attached hydrogens (tertiary/aromatic N) is 1. The summed E-state index contributed by atoms with van der Waals surface area (Å²) in [6.07, 6.45) is 1.61. The van der Waals surface area contributed by atoms with Gasteiger partial charge in [-0.3, -0.25) is 14.5 Å². The predicted octanol–water partition coefficient (Wildman–Crippen LogP) is 2.87. The molecule has 1 fully saturated rings. The van der Waals surface area contributed by atoms with Gasteiger partial charge in [0.15, 0.2) is 0 Å². The molecule has 1 atom stereocenters. The molecule has 0 saturated carbocycles. The summed E-state index contributed by atoms with van der Waals surface area (Å²) in [5.74, 6) is -3.42. The second-order valence-electron chi connectivity index (χ2n) is 7.11. The Bertz CT molecular complexity index is 864. The molecule has 1 saturated heterocycles. The number of anilines is 1. The topological polar surface area (TPSA) is 70.7 Å². The molecule has 6 nitrogen and oxygen atoms in total. The van der Waals surface area contributed by atoms with Gasteiger partial charge >= 0.3 is 11.8 Å². The number of ether oxygens (including phenoxy) is 1. The van der Waals surface area contributed by atoms with E-state index < -0.39 is 23.4 Å². The first-order valence-corrected chi connectivity index (χ1v) is 9.96. The minimum atomic E-state index is -1.03. The van der Waals surface area contributed by atoms with E-state index in [2.05, 4.69) is 27.7 Å². The van der Waals surface area contributed by atoms with Crippen molar-refractivity contribution in [2.24, 2.45) is 0 Å². The summed E-state index contributed by atoms with van der Waals surface area (Å²) in [5.41, 5.74) is 0.797. The van der Waals surface area contributed by atoms with Gasteiger partial charge < -0.3 is 15.4 Å². The molecule has 1 aliphatic heterocycles. The predicted molar refractivity (Wildman–Crippen MR) is 109 cm³/mol. The molecule has 30 heavy (non-hydrogen) atoms. The van der Waals surface area contributed by atoms with Crippen LogP contribution in [0.25, 0.3) is 0 Å². The summed E-state index contributed by atoms with van der Waals surface area (Å²) in [6, 6.07) is 12.7. The van der Waals surface area contributed by atoms with Gasteiger partial charge in [0.2, 0.25) is 0 Å². The summed E-state index contributed by atoms with van der Waals surface area (Å²) in [5, 5.41) is 4.57. The lowest BCUT2D eigenvalue weighted by molar-refractivity contribution is -0.136. The highest BCUT2D eigenvalue weighted by Gasteiger charge is 2.21. The largest absolute Gasteiger partial charge is 0.371 e. The number of rotatable bonds is 7. The molecule has 0 aliphatic carbocycles. The van der Waals surface area contributed by atoms with Gasteiger partial charge in [-0.05, 0) is 37.1 Å². The maximum atomic E-state index is 13.5. The van der Waals surface area contributed by atoms with E-state index in [0.717, 1.165) is 49.8 Å². The third-order valence-corrected chi connectivity index (χ3v) is 4.89. The molecule has 2 aromatic rings. The number of hydrogen-bond acceptors (Lipinski definition) is 4. The van der Waals surface area contributed by atoms with E-state index in [9.17, 15) is 18.4 Å². The molecule has 0 spiro atoms. The van der Waals surface area contributed by atoms with E-state index in [1.165, 1.54) is 0 Å². The number of hydrogen-bond donors (Lipinski definition) is 2. The van der Waals surface area contributed by atoms with E-state index in [-0.39, 0.29) is 11.8 Å². The zero-order valence-corrected chi connectivity index (χ0v) is 16.6. The van der Waals surface area contributed by atoms with Gasteiger partial charge in [0.1, 0.15) is 11.6 Å². The van der Waals surface area contributed by atoms with Crippen LogP contribution in [0, 0.1) is 11.6 Å². The molecular weight excluding hydrogens is 392 g/mol. The van der Waals surface area contributed by atoms with Crippen molar-refractivity contribution < 1.29 is 23.1 Å². The third-order valence-electron chi connectivity index (χ3n) is 4.89. The number of carbonyl (C=O) groups is 2. The van der Waals surface area contributed by atoms with Crippen LogP contribution in [-0.2, 0) is 14.3 Å². The molecule has 2 amide bonds. The molecule has 2 N–H and O–H groups in total. The van der Waals surface area contributed by atoms with Gasteiger partial charge in [0.05, 0.1) is 18.4 Å². The van der Waals surface area contributed by atoms with E-state index in [1.807, 2.05) is 18.2 Å². The first-order chi connectivity index (χ1) is 14.5. The minimum absolute atomic E-state index is 0.0616. The molecule has 8 heteroatoms. The van der Waals surface area contributed by atoms with Crippen molar-refractivity contribution in [1.29, 1.82) is 0 Å². The number of carbonyl (C=O) groups excluding carboxylic acids is 2. The fourth-order valence-electron chi connectivity index (χ4n) is 3.29. The molecule has 1 aliphatic rings. The highest BCUT2D eigenvalue weighted by Crippen LogP contribution is 2.22. The average molecular weight is 417 g/mol. The lowest BCUT2D eigenvalue weighted by Crippen LogP contribution is -2.39. The Morgan fingerprint density at radius 3 is 2.67 bits per heavy atom. The highest BCUT2D eigenvalue weighted by atomic mass is 19.1. The van der Waals surface area contributed by atoms with Crippen molar-refractivity contribution in [2.45, 2.75) is 18.9 Å². The second-order valence-corrected chi connectivity index (χ2v) is 7.11. The standard InChI is InChI=1S/C22H25F2N3O3/c23-17-8-9-18(24)19(14-17)26-22(29)21(28)25-10-4-5-11-27-12-13-30-20(15-27)16-6-2-1-3-7-16/h1-3,6-9,14,20H,4-5,10-13,15H2,(H,25,28)(H,26,29). The Kier molecular flexibility index (Phi) is 7.87. The number of morpholine rings is 1. The Morgan fingerprint density at radius 1 is 1.07 bits per heavy atom. The zero-order chi connectivity index (χ0) is 21.3. The number of benzene rings is 2. The van der Waals surface area contributed by atoms with E-state index in [0.29, 0.717) is 19.6 Å². The lowest BCUT2D eigenvalue weighted by Gasteiger charge is -2.33. The molecule has 0 bridgehead atoms. The van der Waals surface area contributed by atoms with Crippen molar-refractivity contribution in [1.82, 2.24) is 10.2 Å². The van der Waals surface area contributed by atoms with Gasteiger partial charge in [0.25, 0.3) is 0 Å². The Balaban J connectivity index is 1.34. The van der Waals surface area contributed by atoms with Crippen LogP contribution in [0.15, 0.2) is 48.5 Å². The lowest BCUT2D eigenvalue weighted by atomic mass is 10.1. The normalized spacial score (nSPS) is 16.8. The maximum Gasteiger partial charge on any atom is 0.313 e. The van der Waals surface area contributed by atoms with Gasteiger partial charge in [-0.2, -0.15) is 0 Å². The zero-order valence-electron chi connectivity index (χ0n) is 16.6. The van der Waals surface area contributed by atoms with Crippen LogP contribution >= 0.6 is 0 Å². The third kappa shape index (κ3) is 6.33. The number of unbranched alkanes of at least 4 members (excludes halogenated alkanes) is 1. The summed E-state index contributed by atoms with van der Waals surface area (Å²) >= 11 is 0. The molecule has 160 valence electrons.